The van der Waals surface area contributed by atoms with Crippen molar-refractivity contribution >= 4 is 71.4 Å². The highest BCUT2D eigenvalue weighted by molar-refractivity contribution is 7.19. The maximum absolute atomic E-state index is 6.61. The second-order valence-electron chi connectivity index (χ2n) is 14.1. The molecule has 1 aliphatic carbocycles. The number of hydrogen-bond donors (Lipinski definition) is 0. The normalized spacial score (nSPS) is 15.7. The summed E-state index contributed by atoms with van der Waals surface area (Å²) in [5, 5.41) is 5.88. The summed E-state index contributed by atoms with van der Waals surface area (Å²) in [6.07, 6.45) is 4.74. The zero-order valence-electron chi connectivity index (χ0n) is 28.5. The summed E-state index contributed by atoms with van der Waals surface area (Å²) in [6, 6.07) is 54.4. The van der Waals surface area contributed by atoms with Gasteiger partial charge in [0.25, 0.3) is 0 Å². The second kappa shape index (κ2) is 11.4. The summed E-state index contributed by atoms with van der Waals surface area (Å²) in [6.45, 7) is 2.37. The van der Waals surface area contributed by atoms with E-state index in [1.54, 1.807) is 0 Å². The zero-order valence-corrected chi connectivity index (χ0v) is 29.3. The summed E-state index contributed by atoms with van der Waals surface area (Å²) in [7, 11) is 0. The molecule has 2 unspecified atom stereocenters. The van der Waals surface area contributed by atoms with Crippen LogP contribution in [-0.2, 0) is 0 Å². The van der Waals surface area contributed by atoms with E-state index in [9.17, 15) is 0 Å². The molecule has 2 nitrogen and oxygen atoms in total. The van der Waals surface area contributed by atoms with Crippen molar-refractivity contribution in [2.24, 2.45) is 0 Å². The lowest BCUT2D eigenvalue weighted by Gasteiger charge is -2.25. The molecule has 3 heterocycles. The van der Waals surface area contributed by atoms with Gasteiger partial charge < -0.3 is 8.83 Å². The molecular formula is C49H32O2S. The number of fused-ring (bicyclic) bond motifs is 9. The average molecular weight is 685 g/mol. The van der Waals surface area contributed by atoms with Gasteiger partial charge in [0, 0.05) is 48.3 Å². The van der Waals surface area contributed by atoms with Crippen molar-refractivity contribution in [3.05, 3.63) is 174 Å². The van der Waals surface area contributed by atoms with Gasteiger partial charge in [-0.25, -0.2) is 0 Å². The molecule has 3 aromatic heterocycles. The number of para-hydroxylation sites is 1. The molecule has 0 amide bonds. The lowest BCUT2D eigenvalue weighted by Crippen LogP contribution is -2.08. The van der Waals surface area contributed by atoms with Gasteiger partial charge in [-0.1, -0.05) is 122 Å². The van der Waals surface area contributed by atoms with Crippen molar-refractivity contribution < 1.29 is 8.83 Å². The first-order valence-corrected chi connectivity index (χ1v) is 18.8. The average Bonchev–Trinajstić information content (AvgIpc) is 3.88. The van der Waals surface area contributed by atoms with Gasteiger partial charge in [-0.05, 0) is 93.0 Å². The van der Waals surface area contributed by atoms with E-state index in [0.717, 1.165) is 71.7 Å². The minimum atomic E-state index is 0.401. The summed E-state index contributed by atoms with van der Waals surface area (Å²) in [4.78, 5) is 1.48. The molecule has 0 bridgehead atoms. The minimum Gasteiger partial charge on any atom is -0.456 e. The number of furan rings is 2. The van der Waals surface area contributed by atoms with Gasteiger partial charge >= 0.3 is 0 Å². The fourth-order valence-corrected chi connectivity index (χ4v) is 9.77. The van der Waals surface area contributed by atoms with E-state index in [-0.39, 0.29) is 0 Å². The summed E-state index contributed by atoms with van der Waals surface area (Å²) >= 11 is 1.94. The molecule has 0 radical (unpaired) electrons. The Morgan fingerprint density at radius 2 is 0.981 bits per heavy atom. The molecule has 0 saturated heterocycles. The first-order valence-electron chi connectivity index (χ1n) is 17.9. The summed E-state index contributed by atoms with van der Waals surface area (Å²) in [5.74, 6) is 0.838. The fraction of sp³-hybridized carbons (Fsp3) is 0.0612. The molecular weight excluding hydrogens is 653 g/mol. The third-order valence-electron chi connectivity index (χ3n) is 11.1. The van der Waals surface area contributed by atoms with Crippen LogP contribution in [0.4, 0.5) is 0 Å². The standard InChI is InChI=1S/C49H32O2S/c1-29-35(30-9-3-2-4-10-30)23-24-43-42-22-16-32(28-48(42)52-49(29)43)31-15-19-40-41-21-18-34(27-47(41)51-45(40)25-31)37-12-6-5-11-36(37)33-17-20-39-38-13-7-8-14-44(38)50-46(39)26-33/h2-29,35H,1H3. The molecule has 7 aromatic carbocycles. The molecule has 52 heavy (non-hydrogen) atoms. The molecule has 0 N–H and O–H groups in total. The maximum Gasteiger partial charge on any atom is 0.136 e. The maximum atomic E-state index is 6.61. The quantitative estimate of drug-likeness (QED) is 0.184. The van der Waals surface area contributed by atoms with Crippen LogP contribution in [0.15, 0.2) is 167 Å². The van der Waals surface area contributed by atoms with Crippen LogP contribution in [0, 0.1) is 0 Å². The number of thiophene rings is 1. The van der Waals surface area contributed by atoms with Gasteiger partial charge in [0.15, 0.2) is 0 Å². The van der Waals surface area contributed by atoms with E-state index in [2.05, 4.69) is 159 Å². The van der Waals surface area contributed by atoms with Gasteiger partial charge in [-0.15, -0.1) is 11.3 Å². The lowest BCUT2D eigenvalue weighted by atomic mass is 9.81. The molecule has 0 saturated carbocycles. The lowest BCUT2D eigenvalue weighted by molar-refractivity contribution is 0.668. The van der Waals surface area contributed by atoms with E-state index in [4.69, 9.17) is 8.83 Å². The Bertz CT molecular complexity index is 3040. The van der Waals surface area contributed by atoms with Gasteiger partial charge in [0.05, 0.1) is 0 Å². The highest BCUT2D eigenvalue weighted by Gasteiger charge is 2.27. The first-order chi connectivity index (χ1) is 25.7. The smallest absolute Gasteiger partial charge is 0.136 e. The molecule has 10 aromatic rings. The molecule has 246 valence electrons. The van der Waals surface area contributed by atoms with Gasteiger partial charge in [-0.2, -0.15) is 0 Å². The topological polar surface area (TPSA) is 26.3 Å². The van der Waals surface area contributed by atoms with E-state index in [1.807, 2.05) is 23.5 Å². The van der Waals surface area contributed by atoms with Crippen LogP contribution in [0.25, 0.3) is 93.4 Å². The molecule has 3 heteroatoms. The van der Waals surface area contributed by atoms with Crippen LogP contribution in [0.2, 0.25) is 0 Å². The first kappa shape index (κ1) is 29.6. The number of allylic oxidation sites excluding steroid dienone is 1. The largest absolute Gasteiger partial charge is 0.456 e. The fourth-order valence-electron chi connectivity index (χ4n) is 8.43. The number of benzene rings is 7. The van der Waals surface area contributed by atoms with Crippen LogP contribution in [-0.4, -0.2) is 0 Å². The van der Waals surface area contributed by atoms with E-state index in [0.29, 0.717) is 11.8 Å². The number of hydrogen-bond acceptors (Lipinski definition) is 3. The van der Waals surface area contributed by atoms with Crippen LogP contribution >= 0.6 is 11.3 Å². The van der Waals surface area contributed by atoms with Gasteiger partial charge in [-0.3, -0.25) is 0 Å². The number of rotatable bonds is 4. The molecule has 0 aliphatic heterocycles. The molecule has 11 rings (SSSR count). The van der Waals surface area contributed by atoms with Crippen LogP contribution < -0.4 is 0 Å². The zero-order chi connectivity index (χ0) is 34.3. The van der Waals surface area contributed by atoms with Crippen molar-refractivity contribution in [2.45, 2.75) is 18.8 Å². The molecule has 2 atom stereocenters. The SMILES string of the molecule is CC1c2sc3cc(-c4ccc5c(c4)oc4cc(-c6ccccc6-c6ccc7c(c6)oc6ccccc67)ccc45)ccc3c2C=CC1c1ccccc1. The predicted octanol–water partition coefficient (Wildman–Crippen LogP) is 14.6. The van der Waals surface area contributed by atoms with Crippen LogP contribution in [0.5, 0.6) is 0 Å². The van der Waals surface area contributed by atoms with E-state index < -0.39 is 0 Å². The van der Waals surface area contributed by atoms with E-state index in [1.165, 1.54) is 31.7 Å². The molecule has 0 fully saturated rings. The molecule has 0 spiro atoms. The third-order valence-corrected chi connectivity index (χ3v) is 12.5. The van der Waals surface area contributed by atoms with Crippen LogP contribution in [0.1, 0.15) is 34.8 Å². The Morgan fingerprint density at radius 1 is 0.462 bits per heavy atom. The van der Waals surface area contributed by atoms with Crippen molar-refractivity contribution in [1.82, 2.24) is 0 Å². The summed E-state index contributed by atoms with van der Waals surface area (Å²) in [5.41, 5.74) is 13.3. The molecule has 1 aliphatic rings. The Morgan fingerprint density at radius 3 is 1.67 bits per heavy atom. The Labute approximate surface area is 304 Å². The van der Waals surface area contributed by atoms with E-state index >= 15 is 0 Å². The van der Waals surface area contributed by atoms with Gasteiger partial charge in [0.2, 0.25) is 0 Å². The van der Waals surface area contributed by atoms with Crippen molar-refractivity contribution in [2.75, 3.05) is 0 Å². The van der Waals surface area contributed by atoms with Crippen molar-refractivity contribution in [1.29, 1.82) is 0 Å². The monoisotopic (exact) mass is 684 g/mol. The van der Waals surface area contributed by atoms with Gasteiger partial charge in [0.1, 0.15) is 22.3 Å². The van der Waals surface area contributed by atoms with Crippen molar-refractivity contribution in [3.63, 3.8) is 0 Å². The second-order valence-corrected chi connectivity index (χ2v) is 15.1. The van der Waals surface area contributed by atoms with Crippen LogP contribution in [0.3, 0.4) is 0 Å². The highest BCUT2D eigenvalue weighted by Crippen LogP contribution is 2.48. The summed E-state index contributed by atoms with van der Waals surface area (Å²) < 4.78 is 14.2. The van der Waals surface area contributed by atoms with Crippen molar-refractivity contribution in [3.8, 4) is 33.4 Å². The Balaban J connectivity index is 0.942. The third kappa shape index (κ3) is 4.56. The Kier molecular flexibility index (Phi) is 6.50. The highest BCUT2D eigenvalue weighted by atomic mass is 32.1. The Hall–Kier alpha value is -6.16. The minimum absolute atomic E-state index is 0.401. The predicted molar refractivity (Wildman–Crippen MR) is 219 cm³/mol.